The Morgan fingerprint density at radius 2 is 1.77 bits per heavy atom. The monoisotopic (exact) mass is 464 g/mol. The van der Waals surface area contributed by atoms with Crippen LogP contribution in [0.4, 0.5) is 5.69 Å². The van der Waals surface area contributed by atoms with Crippen molar-refractivity contribution in [2.45, 2.75) is 50.7 Å². The van der Waals surface area contributed by atoms with Crippen molar-refractivity contribution in [3.63, 3.8) is 0 Å². The molecular weight excluding hydrogens is 436 g/mol. The fourth-order valence-electron chi connectivity index (χ4n) is 4.58. The standard InChI is InChI=1S/C22H29ClN4O3S/c1-16(2)31(29,30)26-12-10-25(11-13-26)20-15-24-27(19-9-5-8-18(23)14-19)22(28)21(20)17-6-3-4-7-17/h5,8-9,14-17H,3-4,6-7,10-13H2,1-2H3. The zero-order valence-electron chi connectivity index (χ0n) is 18.0. The number of hydrogen-bond acceptors (Lipinski definition) is 5. The average molecular weight is 465 g/mol. The molecule has 1 saturated carbocycles. The fraction of sp³-hybridized carbons (Fsp3) is 0.545. The van der Waals surface area contributed by atoms with E-state index in [4.69, 9.17) is 11.6 Å². The minimum Gasteiger partial charge on any atom is -0.367 e. The Kier molecular flexibility index (Phi) is 6.42. The van der Waals surface area contributed by atoms with Gasteiger partial charge in [0.15, 0.2) is 0 Å². The van der Waals surface area contributed by atoms with Crippen LogP contribution in [0.25, 0.3) is 5.69 Å². The number of rotatable bonds is 5. The van der Waals surface area contributed by atoms with E-state index >= 15 is 0 Å². The Morgan fingerprint density at radius 1 is 1.10 bits per heavy atom. The molecule has 0 atom stereocenters. The molecule has 1 aliphatic heterocycles. The second kappa shape index (κ2) is 8.92. The summed E-state index contributed by atoms with van der Waals surface area (Å²) in [7, 11) is -3.27. The van der Waals surface area contributed by atoms with Crippen LogP contribution < -0.4 is 10.5 Å². The van der Waals surface area contributed by atoms with E-state index in [1.165, 1.54) is 4.68 Å². The van der Waals surface area contributed by atoms with Crippen molar-refractivity contribution in [3.8, 4) is 5.69 Å². The van der Waals surface area contributed by atoms with E-state index in [0.717, 1.165) is 36.9 Å². The van der Waals surface area contributed by atoms with E-state index in [0.29, 0.717) is 36.9 Å². The summed E-state index contributed by atoms with van der Waals surface area (Å²) in [5.74, 6) is 0.202. The van der Waals surface area contributed by atoms with Gasteiger partial charge < -0.3 is 4.90 Å². The molecule has 0 unspecified atom stereocenters. The summed E-state index contributed by atoms with van der Waals surface area (Å²) < 4.78 is 28.0. The number of nitrogens with zero attached hydrogens (tertiary/aromatic N) is 4. The van der Waals surface area contributed by atoms with Gasteiger partial charge in [0.25, 0.3) is 5.56 Å². The van der Waals surface area contributed by atoms with Crippen molar-refractivity contribution < 1.29 is 8.42 Å². The van der Waals surface area contributed by atoms with Gasteiger partial charge in [-0.1, -0.05) is 30.5 Å². The predicted molar refractivity (Wildman–Crippen MR) is 124 cm³/mol. The van der Waals surface area contributed by atoms with Crippen LogP contribution in [-0.2, 0) is 10.0 Å². The Bertz CT molecular complexity index is 1100. The molecule has 0 N–H and O–H groups in total. The van der Waals surface area contributed by atoms with Crippen LogP contribution in [0.5, 0.6) is 0 Å². The lowest BCUT2D eigenvalue weighted by atomic mass is 9.97. The molecule has 0 amide bonds. The number of benzene rings is 1. The van der Waals surface area contributed by atoms with Gasteiger partial charge in [-0.2, -0.15) is 14.1 Å². The van der Waals surface area contributed by atoms with Gasteiger partial charge in [0.1, 0.15) is 0 Å². The number of halogens is 1. The summed E-state index contributed by atoms with van der Waals surface area (Å²) in [5, 5.41) is 4.59. The first-order valence-electron chi connectivity index (χ1n) is 10.9. The van der Waals surface area contributed by atoms with Crippen molar-refractivity contribution in [1.29, 1.82) is 0 Å². The first-order chi connectivity index (χ1) is 14.8. The van der Waals surface area contributed by atoms with Gasteiger partial charge in [0, 0.05) is 36.8 Å². The van der Waals surface area contributed by atoms with E-state index in [1.807, 2.05) is 12.1 Å². The molecule has 168 valence electrons. The zero-order chi connectivity index (χ0) is 22.2. The molecular formula is C22H29ClN4O3S. The first-order valence-corrected chi connectivity index (χ1v) is 12.8. The molecule has 1 aromatic carbocycles. The molecule has 1 aliphatic carbocycles. The SMILES string of the molecule is CC(C)S(=O)(=O)N1CCN(c2cnn(-c3cccc(Cl)c3)c(=O)c2C2CCCC2)CC1. The Hall–Kier alpha value is -1.90. The maximum atomic E-state index is 13.6. The number of hydrogen-bond donors (Lipinski definition) is 0. The van der Waals surface area contributed by atoms with Gasteiger partial charge in [-0.3, -0.25) is 4.79 Å². The number of piperazine rings is 1. The summed E-state index contributed by atoms with van der Waals surface area (Å²) in [6, 6.07) is 7.15. The lowest BCUT2D eigenvalue weighted by molar-refractivity contribution is 0.380. The van der Waals surface area contributed by atoms with Gasteiger partial charge in [-0.05, 0) is 50.8 Å². The third kappa shape index (κ3) is 4.38. The van der Waals surface area contributed by atoms with Gasteiger partial charge in [-0.15, -0.1) is 0 Å². The Balaban J connectivity index is 1.68. The van der Waals surface area contributed by atoms with Crippen LogP contribution in [0.2, 0.25) is 5.02 Å². The molecule has 1 saturated heterocycles. The van der Waals surface area contributed by atoms with Crippen molar-refractivity contribution in [3.05, 3.63) is 51.4 Å². The minimum atomic E-state index is -3.27. The Labute approximate surface area is 188 Å². The van der Waals surface area contributed by atoms with E-state index in [1.54, 1.807) is 36.5 Å². The normalized spacial score (nSPS) is 18.8. The maximum absolute atomic E-state index is 13.6. The first kappa shape index (κ1) is 22.3. The van der Waals surface area contributed by atoms with Crippen LogP contribution >= 0.6 is 11.6 Å². The lowest BCUT2D eigenvalue weighted by Crippen LogP contribution is -2.51. The number of anilines is 1. The fourth-order valence-corrected chi connectivity index (χ4v) is 6.03. The van der Waals surface area contributed by atoms with Crippen molar-refractivity contribution >= 4 is 27.3 Å². The maximum Gasteiger partial charge on any atom is 0.277 e. The second-order valence-corrected chi connectivity index (χ2v) is 11.5. The highest BCUT2D eigenvalue weighted by Gasteiger charge is 2.32. The molecule has 0 bridgehead atoms. The third-order valence-corrected chi connectivity index (χ3v) is 8.86. The van der Waals surface area contributed by atoms with Crippen LogP contribution in [0.1, 0.15) is 51.0 Å². The van der Waals surface area contributed by atoms with Crippen LogP contribution in [-0.4, -0.2) is 53.9 Å². The van der Waals surface area contributed by atoms with Crippen LogP contribution in [0, 0.1) is 0 Å². The van der Waals surface area contributed by atoms with Crippen molar-refractivity contribution in [1.82, 2.24) is 14.1 Å². The average Bonchev–Trinajstić information content (AvgIpc) is 3.28. The number of aromatic nitrogens is 2. The molecule has 0 radical (unpaired) electrons. The molecule has 4 rings (SSSR count). The molecule has 7 nitrogen and oxygen atoms in total. The lowest BCUT2D eigenvalue weighted by Gasteiger charge is -2.37. The molecule has 2 fully saturated rings. The van der Waals surface area contributed by atoms with E-state index in [9.17, 15) is 13.2 Å². The van der Waals surface area contributed by atoms with Crippen molar-refractivity contribution in [2.24, 2.45) is 0 Å². The zero-order valence-corrected chi connectivity index (χ0v) is 19.6. The molecule has 31 heavy (non-hydrogen) atoms. The second-order valence-electron chi connectivity index (χ2n) is 8.60. The number of sulfonamides is 1. The van der Waals surface area contributed by atoms with Crippen LogP contribution in [0.3, 0.4) is 0 Å². The summed E-state index contributed by atoms with van der Waals surface area (Å²) >= 11 is 6.13. The molecule has 2 aromatic rings. The van der Waals surface area contributed by atoms with Gasteiger partial charge in [0.05, 0.1) is 22.8 Å². The third-order valence-electron chi connectivity index (χ3n) is 6.35. The van der Waals surface area contributed by atoms with E-state index in [2.05, 4.69) is 10.00 Å². The topological polar surface area (TPSA) is 75.5 Å². The molecule has 0 spiro atoms. The predicted octanol–water partition coefficient (Wildman–Crippen LogP) is 3.40. The minimum absolute atomic E-state index is 0.108. The highest BCUT2D eigenvalue weighted by atomic mass is 35.5. The van der Waals surface area contributed by atoms with E-state index in [-0.39, 0.29) is 11.5 Å². The highest BCUT2D eigenvalue weighted by molar-refractivity contribution is 7.89. The highest BCUT2D eigenvalue weighted by Crippen LogP contribution is 2.37. The van der Waals surface area contributed by atoms with E-state index < -0.39 is 15.3 Å². The molecule has 9 heteroatoms. The summed E-state index contributed by atoms with van der Waals surface area (Å²) in [4.78, 5) is 15.7. The summed E-state index contributed by atoms with van der Waals surface area (Å²) in [6.07, 6.45) is 5.97. The summed E-state index contributed by atoms with van der Waals surface area (Å²) in [6.45, 7) is 5.35. The smallest absolute Gasteiger partial charge is 0.277 e. The van der Waals surface area contributed by atoms with Crippen LogP contribution in [0.15, 0.2) is 35.3 Å². The van der Waals surface area contributed by atoms with Gasteiger partial charge in [0.2, 0.25) is 10.0 Å². The summed E-state index contributed by atoms with van der Waals surface area (Å²) in [5.41, 5.74) is 2.18. The molecule has 1 aromatic heterocycles. The Morgan fingerprint density at radius 3 is 2.39 bits per heavy atom. The van der Waals surface area contributed by atoms with Crippen molar-refractivity contribution in [2.75, 3.05) is 31.1 Å². The largest absolute Gasteiger partial charge is 0.367 e. The molecule has 2 heterocycles. The van der Waals surface area contributed by atoms with Gasteiger partial charge >= 0.3 is 0 Å². The molecule has 2 aliphatic rings. The van der Waals surface area contributed by atoms with Gasteiger partial charge in [-0.25, -0.2) is 8.42 Å². The quantitative estimate of drug-likeness (QED) is 0.677.